The molecule has 1 atom stereocenters. The molecule has 33 heavy (non-hydrogen) atoms. The average Bonchev–Trinajstić information content (AvgIpc) is 3.44. The largest absolute Gasteiger partial charge is 0.368 e. The van der Waals surface area contributed by atoms with Crippen LogP contribution in [0.3, 0.4) is 0 Å². The van der Waals surface area contributed by atoms with Crippen LogP contribution >= 0.6 is 0 Å². The van der Waals surface area contributed by atoms with Crippen LogP contribution in [0.5, 0.6) is 0 Å². The number of hydrogen-bond donors (Lipinski definition) is 4. The Balaban J connectivity index is 1.52. The lowest BCUT2D eigenvalue weighted by Gasteiger charge is -2.27. The number of sulfonamides is 1. The van der Waals surface area contributed by atoms with E-state index in [-0.39, 0.29) is 30.2 Å². The quantitative estimate of drug-likeness (QED) is 0.436. The minimum Gasteiger partial charge on any atom is -0.368 e. The van der Waals surface area contributed by atoms with Gasteiger partial charge in [-0.1, -0.05) is 6.07 Å². The van der Waals surface area contributed by atoms with Crippen LogP contribution in [0.1, 0.15) is 43.7 Å². The Morgan fingerprint density at radius 1 is 1.27 bits per heavy atom. The third-order valence-electron chi connectivity index (χ3n) is 5.76. The number of alkyl halides is 2. The second-order valence-electron chi connectivity index (χ2n) is 8.89. The van der Waals surface area contributed by atoms with E-state index < -0.39 is 22.4 Å². The van der Waals surface area contributed by atoms with E-state index >= 15 is 0 Å². The molecule has 10 heteroatoms. The number of fused-ring (bicyclic) bond motifs is 1. The number of anilines is 1. The highest BCUT2D eigenvalue weighted by Crippen LogP contribution is 2.33. The summed E-state index contributed by atoms with van der Waals surface area (Å²) in [5.74, 6) is -2.56. The summed E-state index contributed by atoms with van der Waals surface area (Å²) in [6.45, 7) is 2.65. The topological polar surface area (TPSA) is 99.3 Å². The van der Waals surface area contributed by atoms with E-state index in [2.05, 4.69) is 20.7 Å². The van der Waals surface area contributed by atoms with Gasteiger partial charge in [-0.15, -0.1) is 0 Å². The lowest BCUT2D eigenvalue weighted by Crippen LogP contribution is -2.45. The molecule has 0 spiro atoms. The van der Waals surface area contributed by atoms with E-state index in [0.29, 0.717) is 11.5 Å². The van der Waals surface area contributed by atoms with Crippen LogP contribution in [0, 0.1) is 12.8 Å². The molecule has 2 aliphatic heterocycles. The van der Waals surface area contributed by atoms with Crippen LogP contribution in [-0.4, -0.2) is 32.2 Å². The molecule has 3 aliphatic rings. The fourth-order valence-electron chi connectivity index (χ4n) is 3.93. The minimum atomic E-state index is -3.74. The van der Waals surface area contributed by atoms with Crippen LogP contribution in [-0.2, 0) is 14.8 Å². The summed E-state index contributed by atoms with van der Waals surface area (Å²) < 4.78 is 53.0. The highest BCUT2D eigenvalue weighted by Gasteiger charge is 2.32. The van der Waals surface area contributed by atoms with Crippen molar-refractivity contribution in [2.75, 3.05) is 10.5 Å². The van der Waals surface area contributed by atoms with Crippen LogP contribution in [0.15, 0.2) is 47.9 Å². The molecule has 1 amide bonds. The van der Waals surface area contributed by atoms with Crippen molar-refractivity contribution in [3.63, 3.8) is 0 Å². The monoisotopic (exact) mass is 478 g/mol. The number of allylic oxidation sites excluding steroid dienone is 2. The van der Waals surface area contributed by atoms with Gasteiger partial charge in [-0.2, -0.15) is 0 Å². The second kappa shape index (κ2) is 8.81. The molecule has 4 rings (SSSR count). The first-order chi connectivity index (χ1) is 15.5. The number of dihydropyridines is 1. The summed E-state index contributed by atoms with van der Waals surface area (Å²) in [6.07, 6.45) is 6.73. The zero-order valence-corrected chi connectivity index (χ0v) is 19.4. The van der Waals surface area contributed by atoms with Crippen LogP contribution in [0.2, 0.25) is 0 Å². The predicted octanol–water partition coefficient (Wildman–Crippen LogP) is 3.34. The highest BCUT2D eigenvalue weighted by atomic mass is 32.2. The number of carbonyl (C=O) groups is 1. The Labute approximate surface area is 192 Å². The molecule has 0 aromatic heterocycles. The van der Waals surface area contributed by atoms with Gasteiger partial charge in [-0.25, -0.2) is 17.2 Å². The average molecular weight is 479 g/mol. The molecule has 2 heterocycles. The number of rotatable bonds is 9. The molecule has 1 unspecified atom stereocenters. The van der Waals surface area contributed by atoms with E-state index in [1.807, 2.05) is 31.3 Å². The molecule has 1 fully saturated rings. The maximum absolute atomic E-state index is 13.0. The van der Waals surface area contributed by atoms with Crippen molar-refractivity contribution in [1.29, 1.82) is 0 Å². The maximum Gasteiger partial charge on any atom is 0.245 e. The Kier molecular flexibility index (Phi) is 6.22. The van der Waals surface area contributed by atoms with Crippen LogP contribution < -0.4 is 20.7 Å². The zero-order chi connectivity index (χ0) is 23.8. The molecule has 0 saturated heterocycles. The third kappa shape index (κ3) is 5.93. The minimum absolute atomic E-state index is 0.00446. The summed E-state index contributed by atoms with van der Waals surface area (Å²) in [5, 5.41) is 9.43. The number of amides is 1. The number of benzene rings is 1. The lowest BCUT2D eigenvalue weighted by molar-refractivity contribution is -0.121. The third-order valence-corrected chi connectivity index (χ3v) is 7.13. The smallest absolute Gasteiger partial charge is 0.245 e. The van der Waals surface area contributed by atoms with Gasteiger partial charge in [0.25, 0.3) is 0 Å². The van der Waals surface area contributed by atoms with Crippen molar-refractivity contribution in [2.24, 2.45) is 5.92 Å². The molecular formula is C23H28F2N4O3S. The number of hydrogen-bond acceptors (Lipinski definition) is 5. The summed E-state index contributed by atoms with van der Waals surface area (Å²) in [7, 11) is -3.74. The van der Waals surface area contributed by atoms with Gasteiger partial charge < -0.3 is 16.0 Å². The van der Waals surface area contributed by atoms with Gasteiger partial charge >= 0.3 is 0 Å². The standard InChI is InChI=1S/C23H28F2N4O3S/c1-14-12-16(29-33(31,32)11-3-9-23(2,24)25)6-7-17(14)19-13-20(28-22(30)15-4-5-15)27-21-18(19)8-10-26-21/h6-8,10,12-13,15,21,26-27,29H,3-5,9,11H2,1-2H3,(H,28,30). The Hall–Kier alpha value is -2.88. The number of aryl methyl sites for hydroxylation is 1. The van der Waals surface area contributed by atoms with Gasteiger partial charge in [-0.05, 0) is 80.3 Å². The summed E-state index contributed by atoms with van der Waals surface area (Å²) in [5.41, 5.74) is 4.04. The van der Waals surface area contributed by atoms with E-state index in [1.54, 1.807) is 12.1 Å². The van der Waals surface area contributed by atoms with E-state index in [9.17, 15) is 22.0 Å². The van der Waals surface area contributed by atoms with Crippen molar-refractivity contribution in [1.82, 2.24) is 16.0 Å². The first-order valence-electron chi connectivity index (χ1n) is 11.0. The second-order valence-corrected chi connectivity index (χ2v) is 10.7. The van der Waals surface area contributed by atoms with Crippen molar-refractivity contribution < 1.29 is 22.0 Å². The maximum atomic E-state index is 13.0. The number of halogens is 2. The van der Waals surface area contributed by atoms with E-state index in [0.717, 1.165) is 42.0 Å². The molecule has 1 aromatic rings. The van der Waals surface area contributed by atoms with Gasteiger partial charge in [0.15, 0.2) is 0 Å². The number of carbonyl (C=O) groups excluding carboxylic acids is 1. The Morgan fingerprint density at radius 2 is 2.03 bits per heavy atom. The molecule has 1 aliphatic carbocycles. The highest BCUT2D eigenvalue weighted by molar-refractivity contribution is 7.92. The normalized spacial score (nSPS) is 20.0. The van der Waals surface area contributed by atoms with Crippen molar-refractivity contribution in [3.05, 3.63) is 59.1 Å². The molecular weight excluding hydrogens is 450 g/mol. The van der Waals surface area contributed by atoms with E-state index in [1.165, 1.54) is 0 Å². The predicted molar refractivity (Wildman–Crippen MR) is 124 cm³/mol. The SMILES string of the molecule is Cc1cc(NS(=O)(=O)CCCC(C)(F)F)ccc1C1=C2C=CNC2NC(NC(=O)C2CC2)=C1. The zero-order valence-electron chi connectivity index (χ0n) is 18.5. The van der Waals surface area contributed by atoms with Crippen LogP contribution in [0.25, 0.3) is 5.57 Å². The summed E-state index contributed by atoms with van der Waals surface area (Å²) in [4.78, 5) is 12.2. The van der Waals surface area contributed by atoms with Crippen molar-refractivity contribution >= 4 is 27.2 Å². The summed E-state index contributed by atoms with van der Waals surface area (Å²) >= 11 is 0. The van der Waals surface area contributed by atoms with Gasteiger partial charge in [0, 0.05) is 23.6 Å². The van der Waals surface area contributed by atoms with Crippen molar-refractivity contribution in [2.45, 2.75) is 51.6 Å². The summed E-state index contributed by atoms with van der Waals surface area (Å²) in [6, 6.07) is 5.19. The van der Waals surface area contributed by atoms with Gasteiger partial charge in [0.05, 0.1) is 5.75 Å². The molecule has 178 valence electrons. The Bertz CT molecular complexity index is 1150. The van der Waals surface area contributed by atoms with Gasteiger partial charge in [0.1, 0.15) is 12.0 Å². The molecule has 1 saturated carbocycles. The number of nitrogens with one attached hydrogen (secondary N) is 4. The van der Waals surface area contributed by atoms with Crippen LogP contribution in [0.4, 0.5) is 14.5 Å². The van der Waals surface area contributed by atoms with Gasteiger partial charge in [0.2, 0.25) is 21.9 Å². The molecule has 4 N–H and O–H groups in total. The fraction of sp³-hybridized carbons (Fsp3) is 0.435. The lowest BCUT2D eigenvalue weighted by atomic mass is 9.92. The van der Waals surface area contributed by atoms with E-state index in [4.69, 9.17) is 0 Å². The van der Waals surface area contributed by atoms with Crippen molar-refractivity contribution in [3.8, 4) is 0 Å². The Morgan fingerprint density at radius 3 is 2.70 bits per heavy atom. The molecule has 0 bridgehead atoms. The first kappa shape index (κ1) is 23.3. The fourth-order valence-corrected chi connectivity index (χ4v) is 5.04. The molecule has 7 nitrogen and oxygen atoms in total. The molecule has 0 radical (unpaired) electrons. The molecule has 1 aromatic carbocycles. The first-order valence-corrected chi connectivity index (χ1v) is 12.6. The van der Waals surface area contributed by atoms with Gasteiger partial charge in [-0.3, -0.25) is 9.52 Å².